The summed E-state index contributed by atoms with van der Waals surface area (Å²) in [7, 11) is 2.33. The van der Waals surface area contributed by atoms with E-state index in [2.05, 4.69) is 24.7 Å². The molecule has 0 fully saturated rings. The fourth-order valence-corrected chi connectivity index (χ4v) is 2.71. The summed E-state index contributed by atoms with van der Waals surface area (Å²) in [6.07, 6.45) is 0.997. The van der Waals surface area contributed by atoms with E-state index in [-0.39, 0.29) is 22.8 Å². The van der Waals surface area contributed by atoms with Crippen LogP contribution in [0.2, 0.25) is 5.02 Å². The number of hydrogen-bond donors (Lipinski definition) is 0. The van der Waals surface area contributed by atoms with Crippen molar-refractivity contribution in [2.24, 2.45) is 5.16 Å². The molecule has 11 heteroatoms. The van der Waals surface area contributed by atoms with E-state index in [9.17, 15) is 9.18 Å². The lowest BCUT2D eigenvalue weighted by Gasteiger charge is -2.13. The molecule has 2 aromatic carbocycles. The summed E-state index contributed by atoms with van der Waals surface area (Å²) >= 11 is 6.06. The van der Waals surface area contributed by atoms with Gasteiger partial charge in [0.2, 0.25) is 5.82 Å². The molecule has 3 rings (SSSR count). The molecule has 32 heavy (non-hydrogen) atoms. The van der Waals surface area contributed by atoms with Crippen molar-refractivity contribution in [3.05, 3.63) is 70.5 Å². The predicted molar refractivity (Wildman–Crippen MR) is 110 cm³/mol. The van der Waals surface area contributed by atoms with Gasteiger partial charge in [-0.1, -0.05) is 22.8 Å². The van der Waals surface area contributed by atoms with Crippen molar-refractivity contribution in [1.29, 1.82) is 0 Å². The lowest BCUT2D eigenvalue weighted by Crippen LogP contribution is -2.18. The Bertz CT molecular complexity index is 1190. The van der Waals surface area contributed by atoms with E-state index < -0.39 is 29.4 Å². The number of nitrogens with zero attached hydrogens (tertiary/aromatic N) is 3. The quantitative estimate of drug-likeness (QED) is 0.281. The molecule has 0 saturated carbocycles. The normalized spacial score (nSPS) is 11.1. The third kappa shape index (κ3) is 4.92. The van der Waals surface area contributed by atoms with E-state index in [0.29, 0.717) is 10.6 Å². The first-order valence-corrected chi connectivity index (χ1v) is 9.34. The van der Waals surface area contributed by atoms with Crippen molar-refractivity contribution in [3.63, 3.8) is 0 Å². The molecular formula is C21H16ClF2N3O5. The number of ether oxygens (including phenoxy) is 3. The van der Waals surface area contributed by atoms with Gasteiger partial charge in [-0.25, -0.2) is 9.18 Å². The zero-order chi connectivity index (χ0) is 23.3. The number of oxime groups is 1. The lowest BCUT2D eigenvalue weighted by molar-refractivity contribution is -0.132. The van der Waals surface area contributed by atoms with Gasteiger partial charge >= 0.3 is 5.97 Å². The van der Waals surface area contributed by atoms with Crippen LogP contribution in [-0.2, 0) is 14.4 Å². The van der Waals surface area contributed by atoms with E-state index in [0.717, 1.165) is 25.6 Å². The van der Waals surface area contributed by atoms with Crippen molar-refractivity contribution in [3.8, 4) is 23.3 Å². The third-order valence-corrected chi connectivity index (χ3v) is 4.53. The Balaban J connectivity index is 2.00. The van der Waals surface area contributed by atoms with Gasteiger partial charge in [-0.15, -0.1) is 0 Å². The molecule has 8 nitrogen and oxygen atoms in total. The molecule has 1 aromatic heterocycles. The monoisotopic (exact) mass is 463 g/mol. The van der Waals surface area contributed by atoms with Crippen LogP contribution in [0.5, 0.6) is 23.3 Å². The van der Waals surface area contributed by atoms with Gasteiger partial charge in [0.1, 0.15) is 30.8 Å². The molecule has 0 aliphatic heterocycles. The first kappa shape index (κ1) is 22.9. The Kier molecular flexibility index (Phi) is 7.16. The lowest BCUT2D eigenvalue weighted by atomic mass is 10.1. The molecule has 0 unspecified atom stereocenters. The third-order valence-electron chi connectivity index (χ3n) is 4.12. The van der Waals surface area contributed by atoms with Crippen LogP contribution < -0.4 is 9.47 Å². The highest BCUT2D eigenvalue weighted by Gasteiger charge is 2.24. The number of rotatable bonds is 7. The van der Waals surface area contributed by atoms with Gasteiger partial charge in [-0.05, 0) is 31.2 Å². The van der Waals surface area contributed by atoms with E-state index in [1.165, 1.54) is 13.2 Å². The van der Waals surface area contributed by atoms with Gasteiger partial charge in [0.05, 0.1) is 12.7 Å². The molecule has 166 valence electrons. The average Bonchev–Trinajstić information content (AvgIpc) is 2.78. The maximum atomic E-state index is 15.0. The Morgan fingerprint density at radius 3 is 2.38 bits per heavy atom. The van der Waals surface area contributed by atoms with E-state index in [1.807, 2.05) is 0 Å². The fourth-order valence-electron chi connectivity index (χ4n) is 2.55. The van der Waals surface area contributed by atoms with Gasteiger partial charge in [0.15, 0.2) is 5.71 Å². The molecule has 0 atom stereocenters. The molecule has 0 aliphatic carbocycles. The number of esters is 1. The van der Waals surface area contributed by atoms with Crippen molar-refractivity contribution < 1.29 is 32.6 Å². The fraction of sp³-hybridized carbons (Fsp3) is 0.143. The Morgan fingerprint density at radius 1 is 1.03 bits per heavy atom. The molecule has 0 amide bonds. The Morgan fingerprint density at radius 2 is 1.72 bits per heavy atom. The number of hydrogen-bond acceptors (Lipinski definition) is 8. The summed E-state index contributed by atoms with van der Waals surface area (Å²) in [6.45, 7) is 1.69. The van der Waals surface area contributed by atoms with Crippen LogP contribution in [0.3, 0.4) is 0 Å². The molecular weight excluding hydrogens is 448 g/mol. The van der Waals surface area contributed by atoms with E-state index in [1.54, 1.807) is 25.1 Å². The van der Waals surface area contributed by atoms with E-state index in [4.69, 9.17) is 21.1 Å². The van der Waals surface area contributed by atoms with Crippen molar-refractivity contribution in [2.75, 3.05) is 14.2 Å². The Hall–Kier alpha value is -3.79. The maximum absolute atomic E-state index is 15.0. The van der Waals surface area contributed by atoms with Crippen molar-refractivity contribution in [2.45, 2.75) is 6.92 Å². The molecule has 0 N–H and O–H groups in total. The molecule has 0 spiro atoms. The zero-order valence-corrected chi connectivity index (χ0v) is 17.8. The van der Waals surface area contributed by atoms with Gasteiger partial charge in [0.25, 0.3) is 11.8 Å². The SMILES string of the molecule is CO/N=C(/C(=O)OC)c1ccc(F)cc1Oc1ncnc(Oc2cccc(Cl)c2C)c1F. The maximum Gasteiger partial charge on any atom is 0.360 e. The number of aromatic nitrogens is 2. The number of benzene rings is 2. The minimum Gasteiger partial charge on any atom is -0.464 e. The first-order chi connectivity index (χ1) is 15.3. The minimum atomic E-state index is -1.06. The average molecular weight is 464 g/mol. The highest BCUT2D eigenvalue weighted by molar-refractivity contribution is 6.43. The van der Waals surface area contributed by atoms with Gasteiger partial charge in [-0.3, -0.25) is 0 Å². The van der Waals surface area contributed by atoms with Gasteiger partial charge in [-0.2, -0.15) is 14.4 Å². The van der Waals surface area contributed by atoms with Crippen LogP contribution in [-0.4, -0.2) is 35.9 Å². The van der Waals surface area contributed by atoms with E-state index >= 15 is 4.39 Å². The summed E-state index contributed by atoms with van der Waals surface area (Å²) in [5.74, 6) is -3.69. The van der Waals surface area contributed by atoms with Crippen LogP contribution in [0.25, 0.3) is 0 Å². The molecule has 3 aromatic rings. The van der Waals surface area contributed by atoms with Crippen LogP contribution in [0.1, 0.15) is 11.1 Å². The largest absolute Gasteiger partial charge is 0.464 e. The Labute approximate surface area is 186 Å². The van der Waals surface area contributed by atoms with Crippen LogP contribution >= 0.6 is 11.6 Å². The predicted octanol–water partition coefficient (Wildman–Crippen LogP) is 4.82. The second kappa shape index (κ2) is 10.0. The first-order valence-electron chi connectivity index (χ1n) is 8.96. The summed E-state index contributed by atoms with van der Waals surface area (Å²) in [4.78, 5) is 24.2. The number of carbonyl (C=O) groups is 1. The van der Waals surface area contributed by atoms with Crippen LogP contribution in [0.4, 0.5) is 8.78 Å². The topological polar surface area (TPSA) is 92.1 Å². The summed E-state index contributed by atoms with van der Waals surface area (Å²) < 4.78 is 44.6. The molecule has 0 bridgehead atoms. The zero-order valence-electron chi connectivity index (χ0n) is 17.1. The number of halogens is 3. The molecule has 0 aliphatic rings. The smallest absolute Gasteiger partial charge is 0.360 e. The van der Waals surface area contributed by atoms with Crippen LogP contribution in [0.15, 0.2) is 47.9 Å². The molecule has 0 saturated heterocycles. The minimum absolute atomic E-state index is 0.0220. The van der Waals surface area contributed by atoms with Gasteiger partial charge in [0, 0.05) is 16.7 Å². The van der Waals surface area contributed by atoms with Crippen molar-refractivity contribution in [1.82, 2.24) is 9.97 Å². The highest BCUT2D eigenvalue weighted by atomic mass is 35.5. The molecule has 1 heterocycles. The molecule has 0 radical (unpaired) electrons. The van der Waals surface area contributed by atoms with Crippen molar-refractivity contribution >= 4 is 23.3 Å². The summed E-state index contributed by atoms with van der Waals surface area (Å²) in [5, 5.41) is 4.01. The summed E-state index contributed by atoms with van der Waals surface area (Å²) in [5.41, 5.74) is 0.220. The highest BCUT2D eigenvalue weighted by Crippen LogP contribution is 2.34. The number of methoxy groups -OCH3 is 1. The second-order valence-corrected chi connectivity index (χ2v) is 6.53. The summed E-state index contributed by atoms with van der Waals surface area (Å²) in [6, 6.07) is 8.04. The standard InChI is InChI=1S/C21H16ClF2N3O5/c1-11-14(22)5-4-6-15(11)31-19-17(24)20(26-10-25-19)32-16-9-12(23)7-8-13(16)18(27-30-3)21(28)29-2/h4-10H,1-3H3/b27-18+. The second-order valence-electron chi connectivity index (χ2n) is 6.12. The number of carbonyl (C=O) groups excluding carboxylic acids is 1. The van der Waals surface area contributed by atoms with Gasteiger partial charge < -0.3 is 19.0 Å². The van der Waals surface area contributed by atoms with Crippen LogP contribution in [0, 0.1) is 18.6 Å².